The third kappa shape index (κ3) is 2.87. The Kier molecular flexibility index (Phi) is 3.84. The van der Waals surface area contributed by atoms with Gasteiger partial charge in [-0.1, -0.05) is 0 Å². The smallest absolute Gasteiger partial charge is 0.151 e. The van der Waals surface area contributed by atoms with E-state index in [9.17, 15) is 4.79 Å². The number of morpholine rings is 1. The van der Waals surface area contributed by atoms with Gasteiger partial charge in [-0.2, -0.15) is 0 Å². The van der Waals surface area contributed by atoms with Crippen molar-refractivity contribution < 1.29 is 9.53 Å². The van der Waals surface area contributed by atoms with Crippen molar-refractivity contribution >= 4 is 27.9 Å². The molecule has 1 fully saturated rings. The molecular weight excluding hydrogens is 282 g/mol. The zero-order valence-corrected chi connectivity index (χ0v) is 11.6. The Morgan fingerprint density at radius 3 is 2.53 bits per heavy atom. The van der Waals surface area contributed by atoms with Crippen molar-refractivity contribution in [1.82, 2.24) is 0 Å². The second-order valence-electron chi connectivity index (χ2n) is 4.49. The van der Waals surface area contributed by atoms with Crippen molar-refractivity contribution in [1.29, 1.82) is 0 Å². The molecule has 92 valence electrons. The average Bonchev–Trinajstić information content (AvgIpc) is 2.27. The summed E-state index contributed by atoms with van der Waals surface area (Å²) in [5, 5.41) is 0. The summed E-state index contributed by atoms with van der Waals surface area (Å²) in [5.74, 6) is 0. The Balaban J connectivity index is 2.21. The van der Waals surface area contributed by atoms with Crippen LogP contribution in [0.4, 0.5) is 5.69 Å². The minimum Gasteiger partial charge on any atom is -0.372 e. The second-order valence-corrected chi connectivity index (χ2v) is 5.34. The van der Waals surface area contributed by atoms with Crippen LogP contribution in [0.25, 0.3) is 0 Å². The SMILES string of the molecule is C[C@@H]1CN(c2ccc(C=O)c(Br)c2)C[C@H](C)O1. The summed E-state index contributed by atoms with van der Waals surface area (Å²) >= 11 is 3.41. The molecule has 0 aliphatic carbocycles. The Morgan fingerprint density at radius 1 is 1.35 bits per heavy atom. The molecule has 1 aliphatic heterocycles. The number of carbonyl (C=O) groups excluding carboxylic acids is 1. The number of hydrogen-bond acceptors (Lipinski definition) is 3. The van der Waals surface area contributed by atoms with Crippen LogP contribution in [0.3, 0.4) is 0 Å². The first kappa shape index (κ1) is 12.6. The zero-order valence-electron chi connectivity index (χ0n) is 10.0. The highest BCUT2D eigenvalue weighted by Gasteiger charge is 2.22. The van der Waals surface area contributed by atoms with Crippen molar-refractivity contribution in [3.05, 3.63) is 28.2 Å². The highest BCUT2D eigenvalue weighted by molar-refractivity contribution is 9.10. The van der Waals surface area contributed by atoms with Crippen LogP contribution in [0, 0.1) is 0 Å². The molecule has 17 heavy (non-hydrogen) atoms. The molecule has 0 amide bonds. The first-order valence-corrected chi connectivity index (χ1v) is 6.54. The molecule has 1 aromatic rings. The van der Waals surface area contributed by atoms with Gasteiger partial charge in [0.05, 0.1) is 12.2 Å². The van der Waals surface area contributed by atoms with E-state index in [1.807, 2.05) is 18.2 Å². The number of halogens is 1. The molecule has 4 heteroatoms. The lowest BCUT2D eigenvalue weighted by Gasteiger charge is -2.37. The molecule has 1 aromatic carbocycles. The molecule has 0 N–H and O–H groups in total. The Labute approximate surface area is 110 Å². The molecule has 0 radical (unpaired) electrons. The normalized spacial score (nSPS) is 24.8. The Morgan fingerprint density at radius 2 is 2.00 bits per heavy atom. The van der Waals surface area contributed by atoms with Crippen molar-refractivity contribution in [3.8, 4) is 0 Å². The largest absolute Gasteiger partial charge is 0.372 e. The molecule has 1 saturated heterocycles. The van der Waals surface area contributed by atoms with Gasteiger partial charge in [-0.15, -0.1) is 0 Å². The maximum absolute atomic E-state index is 10.8. The second kappa shape index (κ2) is 5.19. The molecule has 0 saturated carbocycles. The van der Waals surface area contributed by atoms with Crippen LogP contribution < -0.4 is 4.90 Å². The van der Waals surface area contributed by atoms with Gasteiger partial charge in [0.15, 0.2) is 6.29 Å². The lowest BCUT2D eigenvalue weighted by atomic mass is 10.1. The molecular formula is C13H16BrNO2. The average molecular weight is 298 g/mol. The van der Waals surface area contributed by atoms with E-state index in [1.165, 1.54) is 0 Å². The zero-order chi connectivity index (χ0) is 12.4. The van der Waals surface area contributed by atoms with Gasteiger partial charge in [-0.3, -0.25) is 4.79 Å². The lowest BCUT2D eigenvalue weighted by Crippen LogP contribution is -2.45. The van der Waals surface area contributed by atoms with Crippen molar-refractivity contribution in [2.24, 2.45) is 0 Å². The minimum atomic E-state index is 0.239. The van der Waals surface area contributed by atoms with Crippen molar-refractivity contribution in [2.45, 2.75) is 26.1 Å². The predicted molar refractivity (Wildman–Crippen MR) is 71.8 cm³/mol. The van der Waals surface area contributed by atoms with E-state index in [0.29, 0.717) is 5.56 Å². The third-order valence-corrected chi connectivity index (χ3v) is 3.58. The summed E-state index contributed by atoms with van der Waals surface area (Å²) in [7, 11) is 0. The van der Waals surface area contributed by atoms with Crippen LogP contribution in [-0.4, -0.2) is 31.6 Å². The molecule has 0 unspecified atom stereocenters. The summed E-state index contributed by atoms with van der Waals surface area (Å²) < 4.78 is 6.55. The maximum Gasteiger partial charge on any atom is 0.151 e. The van der Waals surface area contributed by atoms with Crippen LogP contribution in [0.15, 0.2) is 22.7 Å². The number of benzene rings is 1. The minimum absolute atomic E-state index is 0.239. The summed E-state index contributed by atoms with van der Waals surface area (Å²) in [6.07, 6.45) is 1.34. The van der Waals surface area contributed by atoms with E-state index < -0.39 is 0 Å². The quantitative estimate of drug-likeness (QED) is 0.786. The summed E-state index contributed by atoms with van der Waals surface area (Å²) in [6.45, 7) is 5.93. The highest BCUT2D eigenvalue weighted by atomic mass is 79.9. The molecule has 0 bridgehead atoms. The van der Waals surface area contributed by atoms with Gasteiger partial charge in [-0.05, 0) is 48.0 Å². The van der Waals surface area contributed by atoms with Crippen molar-refractivity contribution in [2.75, 3.05) is 18.0 Å². The fraction of sp³-hybridized carbons (Fsp3) is 0.462. The van der Waals surface area contributed by atoms with Crippen molar-refractivity contribution in [3.63, 3.8) is 0 Å². The molecule has 2 rings (SSSR count). The number of aldehydes is 1. The molecule has 3 nitrogen and oxygen atoms in total. The van der Waals surface area contributed by atoms with E-state index >= 15 is 0 Å². The fourth-order valence-corrected chi connectivity index (χ4v) is 2.66. The monoisotopic (exact) mass is 297 g/mol. The van der Waals surface area contributed by atoms with E-state index in [2.05, 4.69) is 34.7 Å². The van der Waals surface area contributed by atoms with Gasteiger partial charge in [0.1, 0.15) is 0 Å². The summed E-state index contributed by atoms with van der Waals surface area (Å²) in [4.78, 5) is 13.0. The van der Waals surface area contributed by atoms with Gasteiger partial charge in [-0.25, -0.2) is 0 Å². The van der Waals surface area contributed by atoms with Gasteiger partial charge in [0.25, 0.3) is 0 Å². The number of carbonyl (C=O) groups is 1. The number of rotatable bonds is 2. The van der Waals surface area contributed by atoms with E-state index in [4.69, 9.17) is 4.74 Å². The van der Waals surface area contributed by atoms with Crippen LogP contribution in [0.5, 0.6) is 0 Å². The predicted octanol–water partition coefficient (Wildman–Crippen LogP) is 2.88. The van der Waals surface area contributed by atoms with Crippen LogP contribution in [0.2, 0.25) is 0 Å². The van der Waals surface area contributed by atoms with Crippen LogP contribution in [0.1, 0.15) is 24.2 Å². The summed E-state index contributed by atoms with van der Waals surface area (Å²) in [6, 6.07) is 5.82. The Hall–Kier alpha value is -0.870. The number of anilines is 1. The number of ether oxygens (including phenoxy) is 1. The third-order valence-electron chi connectivity index (χ3n) is 2.90. The maximum atomic E-state index is 10.8. The molecule has 2 atom stereocenters. The standard InChI is InChI=1S/C13H16BrNO2/c1-9-6-15(7-10(2)17-9)12-4-3-11(8-16)13(14)5-12/h3-5,8-10H,6-7H2,1-2H3/t9-,10+. The van der Waals surface area contributed by atoms with E-state index in [-0.39, 0.29) is 12.2 Å². The summed E-state index contributed by atoms with van der Waals surface area (Å²) in [5.41, 5.74) is 1.81. The number of nitrogens with zero attached hydrogens (tertiary/aromatic N) is 1. The first-order chi connectivity index (χ1) is 8.10. The van der Waals surface area contributed by atoms with Gasteiger partial charge in [0.2, 0.25) is 0 Å². The fourth-order valence-electron chi connectivity index (χ4n) is 2.20. The first-order valence-electron chi connectivity index (χ1n) is 5.75. The highest BCUT2D eigenvalue weighted by Crippen LogP contribution is 2.25. The van der Waals surface area contributed by atoms with E-state index in [1.54, 1.807) is 0 Å². The molecule has 0 spiro atoms. The van der Waals surface area contributed by atoms with Gasteiger partial charge >= 0.3 is 0 Å². The van der Waals surface area contributed by atoms with E-state index in [0.717, 1.165) is 29.5 Å². The topological polar surface area (TPSA) is 29.5 Å². The lowest BCUT2D eigenvalue weighted by molar-refractivity contribution is -0.00522. The van der Waals surface area contributed by atoms with Crippen LogP contribution >= 0.6 is 15.9 Å². The number of hydrogen-bond donors (Lipinski definition) is 0. The van der Waals surface area contributed by atoms with Gasteiger partial charge in [0, 0.05) is 28.8 Å². The molecule has 1 aliphatic rings. The Bertz CT molecular complexity index is 412. The molecule has 1 heterocycles. The van der Waals surface area contributed by atoms with Crippen LogP contribution in [-0.2, 0) is 4.74 Å². The molecule has 0 aromatic heterocycles. The van der Waals surface area contributed by atoms with Gasteiger partial charge < -0.3 is 9.64 Å².